The first-order valence-corrected chi connectivity index (χ1v) is 10.2. The van der Waals surface area contributed by atoms with Gasteiger partial charge in [0.25, 0.3) is 0 Å². The molecule has 1 atom stereocenters. The van der Waals surface area contributed by atoms with E-state index in [-0.39, 0.29) is 25.0 Å². The predicted octanol–water partition coefficient (Wildman–Crippen LogP) is 4.05. The highest BCUT2D eigenvalue weighted by Crippen LogP contribution is 2.38. The molecule has 1 saturated heterocycles. The molecule has 2 aromatic carbocycles. The maximum atomic E-state index is 14.0. The molecule has 1 amide bonds. The molecule has 2 aliphatic heterocycles. The lowest BCUT2D eigenvalue weighted by Crippen LogP contribution is -2.38. The van der Waals surface area contributed by atoms with Gasteiger partial charge in [0.2, 0.25) is 5.91 Å². The molecular formula is C22H24ClFN2O3. The number of hydrogen-bond donors (Lipinski definition) is 0. The summed E-state index contributed by atoms with van der Waals surface area (Å²) in [5.41, 5.74) is 1.47. The minimum Gasteiger partial charge on any atom is -0.486 e. The number of nitrogens with zero attached hydrogens (tertiary/aromatic N) is 2. The molecular weight excluding hydrogens is 395 g/mol. The lowest BCUT2D eigenvalue weighted by Gasteiger charge is -2.28. The van der Waals surface area contributed by atoms with Gasteiger partial charge in [-0.3, -0.25) is 9.69 Å². The van der Waals surface area contributed by atoms with Gasteiger partial charge in [-0.1, -0.05) is 23.7 Å². The first-order valence-electron chi connectivity index (χ1n) is 9.83. The number of amides is 1. The van der Waals surface area contributed by atoms with Crippen LogP contribution < -0.4 is 9.47 Å². The fraction of sp³-hybridized carbons (Fsp3) is 0.409. The Morgan fingerprint density at radius 1 is 1.24 bits per heavy atom. The number of carbonyl (C=O) groups is 1. The summed E-state index contributed by atoms with van der Waals surface area (Å²) in [5, 5.41) is 0.333. The third-order valence-electron chi connectivity index (χ3n) is 5.54. The van der Waals surface area contributed by atoms with Crippen LogP contribution in [0.15, 0.2) is 36.4 Å². The van der Waals surface area contributed by atoms with Crippen LogP contribution in [0, 0.1) is 5.82 Å². The molecule has 2 aliphatic rings. The number of rotatable bonds is 5. The maximum Gasteiger partial charge on any atom is 0.236 e. The molecule has 2 aromatic rings. The van der Waals surface area contributed by atoms with Crippen molar-refractivity contribution in [2.45, 2.75) is 25.4 Å². The van der Waals surface area contributed by atoms with E-state index in [1.807, 2.05) is 18.2 Å². The first kappa shape index (κ1) is 20.0. The average Bonchev–Trinajstić information content (AvgIpc) is 3.18. The summed E-state index contributed by atoms with van der Waals surface area (Å²) in [4.78, 5) is 16.5. The Balaban J connectivity index is 1.43. The Kier molecular flexibility index (Phi) is 5.92. The van der Waals surface area contributed by atoms with Crippen LogP contribution in [-0.2, 0) is 11.3 Å². The van der Waals surface area contributed by atoms with Crippen molar-refractivity contribution in [2.75, 3.05) is 33.4 Å². The second kappa shape index (κ2) is 8.59. The van der Waals surface area contributed by atoms with Crippen LogP contribution in [0.3, 0.4) is 0 Å². The lowest BCUT2D eigenvalue weighted by atomic mass is 10.0. The summed E-state index contributed by atoms with van der Waals surface area (Å²) < 4.78 is 25.3. The first-order chi connectivity index (χ1) is 14.0. The van der Waals surface area contributed by atoms with Gasteiger partial charge in [-0.2, -0.15) is 0 Å². The summed E-state index contributed by atoms with van der Waals surface area (Å²) in [6, 6.07) is 10.7. The minimum atomic E-state index is -0.396. The molecule has 2 heterocycles. The van der Waals surface area contributed by atoms with Crippen molar-refractivity contribution in [1.29, 1.82) is 0 Å². The topological polar surface area (TPSA) is 42.0 Å². The van der Waals surface area contributed by atoms with Crippen LogP contribution in [0.5, 0.6) is 11.5 Å². The van der Waals surface area contributed by atoms with Crippen LogP contribution in [0.4, 0.5) is 4.39 Å². The smallest absolute Gasteiger partial charge is 0.236 e. The second-order valence-corrected chi connectivity index (χ2v) is 7.89. The van der Waals surface area contributed by atoms with E-state index in [0.29, 0.717) is 23.8 Å². The zero-order chi connectivity index (χ0) is 20.4. The molecule has 0 aliphatic carbocycles. The molecule has 0 N–H and O–H groups in total. The number of carbonyl (C=O) groups excluding carboxylic acids is 1. The van der Waals surface area contributed by atoms with Gasteiger partial charge in [-0.15, -0.1) is 0 Å². The van der Waals surface area contributed by atoms with Gasteiger partial charge in [0, 0.05) is 30.2 Å². The highest BCUT2D eigenvalue weighted by Gasteiger charge is 2.29. The van der Waals surface area contributed by atoms with Crippen molar-refractivity contribution in [2.24, 2.45) is 0 Å². The summed E-state index contributed by atoms with van der Waals surface area (Å²) in [7, 11) is 1.68. The zero-order valence-corrected chi connectivity index (χ0v) is 17.1. The van der Waals surface area contributed by atoms with Crippen molar-refractivity contribution in [1.82, 2.24) is 9.80 Å². The molecule has 4 rings (SSSR count). The van der Waals surface area contributed by atoms with E-state index >= 15 is 0 Å². The van der Waals surface area contributed by atoms with Crippen LogP contribution in [0.1, 0.15) is 30.0 Å². The largest absolute Gasteiger partial charge is 0.486 e. The number of hydrogen-bond acceptors (Lipinski definition) is 4. The number of fused-ring (bicyclic) bond motifs is 1. The third-order valence-corrected chi connectivity index (χ3v) is 5.89. The quantitative estimate of drug-likeness (QED) is 0.734. The SMILES string of the molecule is CN(Cc1c(F)cccc1Cl)C(=O)CN1CCCC1c1ccc2c(c1)OCCO2. The van der Waals surface area contributed by atoms with Crippen LogP contribution in [0.2, 0.25) is 5.02 Å². The van der Waals surface area contributed by atoms with Gasteiger partial charge < -0.3 is 14.4 Å². The van der Waals surface area contributed by atoms with Gasteiger partial charge >= 0.3 is 0 Å². The maximum absolute atomic E-state index is 14.0. The van der Waals surface area contributed by atoms with E-state index in [1.165, 1.54) is 11.0 Å². The lowest BCUT2D eigenvalue weighted by molar-refractivity contribution is -0.131. The number of halogens is 2. The van der Waals surface area contributed by atoms with Crippen molar-refractivity contribution in [3.8, 4) is 11.5 Å². The molecule has 0 bridgehead atoms. The van der Waals surface area contributed by atoms with E-state index in [0.717, 1.165) is 36.4 Å². The number of ether oxygens (including phenoxy) is 2. The van der Waals surface area contributed by atoms with Gasteiger partial charge in [-0.05, 0) is 49.2 Å². The van der Waals surface area contributed by atoms with Gasteiger partial charge in [0.05, 0.1) is 6.54 Å². The molecule has 0 radical (unpaired) electrons. The van der Waals surface area contributed by atoms with E-state index in [9.17, 15) is 9.18 Å². The molecule has 7 heteroatoms. The zero-order valence-electron chi connectivity index (χ0n) is 16.4. The molecule has 0 spiro atoms. The Morgan fingerprint density at radius 2 is 2.03 bits per heavy atom. The Bertz CT molecular complexity index is 887. The molecule has 5 nitrogen and oxygen atoms in total. The highest BCUT2D eigenvalue weighted by atomic mass is 35.5. The summed E-state index contributed by atoms with van der Waals surface area (Å²) in [5.74, 6) is 1.07. The minimum absolute atomic E-state index is 0.0613. The number of likely N-dealkylation sites (N-methyl/N-ethyl adjacent to an activating group) is 1. The van der Waals surface area contributed by atoms with Gasteiger partial charge in [0.15, 0.2) is 11.5 Å². The van der Waals surface area contributed by atoms with E-state index in [2.05, 4.69) is 4.90 Å². The number of benzene rings is 2. The average molecular weight is 419 g/mol. The number of likely N-dealkylation sites (tertiary alicyclic amines) is 1. The van der Waals surface area contributed by atoms with Gasteiger partial charge in [-0.25, -0.2) is 4.39 Å². The van der Waals surface area contributed by atoms with E-state index in [4.69, 9.17) is 21.1 Å². The highest BCUT2D eigenvalue weighted by molar-refractivity contribution is 6.31. The standard InChI is InChI=1S/C22H24ClFN2O3/c1-25(13-16-17(23)4-2-5-18(16)24)22(27)14-26-9-3-6-19(26)15-7-8-20-21(12-15)29-11-10-28-20/h2,4-5,7-8,12,19H,3,6,9-11,13-14H2,1H3. The van der Waals surface area contributed by atoms with Crippen molar-refractivity contribution in [3.63, 3.8) is 0 Å². The molecule has 1 unspecified atom stereocenters. The van der Waals surface area contributed by atoms with Crippen LogP contribution >= 0.6 is 11.6 Å². The molecule has 1 fully saturated rings. The fourth-order valence-corrected chi connectivity index (χ4v) is 4.19. The normalized spacial score (nSPS) is 18.7. The van der Waals surface area contributed by atoms with Crippen LogP contribution in [0.25, 0.3) is 0 Å². The summed E-state index contributed by atoms with van der Waals surface area (Å²) >= 11 is 6.10. The van der Waals surface area contributed by atoms with Crippen molar-refractivity contribution < 1.29 is 18.7 Å². The fourth-order valence-electron chi connectivity index (χ4n) is 3.96. The monoisotopic (exact) mass is 418 g/mol. The molecule has 0 saturated carbocycles. The third kappa shape index (κ3) is 4.33. The summed E-state index contributed by atoms with van der Waals surface area (Å²) in [6.45, 7) is 2.38. The Hall–Kier alpha value is -2.31. The summed E-state index contributed by atoms with van der Waals surface area (Å²) in [6.07, 6.45) is 2.00. The molecule has 29 heavy (non-hydrogen) atoms. The Labute approximate surface area is 175 Å². The Morgan fingerprint density at radius 3 is 2.83 bits per heavy atom. The van der Waals surface area contributed by atoms with Gasteiger partial charge in [0.1, 0.15) is 19.0 Å². The predicted molar refractivity (Wildman–Crippen MR) is 109 cm³/mol. The van der Waals surface area contributed by atoms with E-state index in [1.54, 1.807) is 19.2 Å². The van der Waals surface area contributed by atoms with Crippen molar-refractivity contribution >= 4 is 17.5 Å². The molecule has 154 valence electrons. The molecule has 0 aromatic heterocycles. The van der Waals surface area contributed by atoms with Crippen LogP contribution in [-0.4, -0.2) is 49.1 Å². The second-order valence-electron chi connectivity index (χ2n) is 7.48. The van der Waals surface area contributed by atoms with Crippen molar-refractivity contribution in [3.05, 3.63) is 58.4 Å². The van der Waals surface area contributed by atoms with E-state index < -0.39 is 5.82 Å².